The van der Waals surface area contributed by atoms with Gasteiger partial charge in [-0.15, -0.1) is 49.6 Å². The second kappa shape index (κ2) is 52.2. The van der Waals surface area contributed by atoms with Crippen LogP contribution in [0, 0.1) is 0 Å². The minimum atomic E-state index is 0. The molecular weight excluding hydrogens is 242 g/mol. The predicted octanol–water partition coefficient (Wildman–Crippen LogP) is 2.07. The van der Waals surface area contributed by atoms with Gasteiger partial charge in [0.2, 0.25) is 0 Å². The van der Waals surface area contributed by atoms with Crippen molar-refractivity contribution in [3.63, 3.8) is 0 Å². The van der Waals surface area contributed by atoms with Crippen LogP contribution in [0.5, 0.6) is 0 Å². The molecule has 0 heterocycles. The van der Waals surface area contributed by atoms with E-state index in [9.17, 15) is 0 Å². The maximum Gasteiger partial charge on any atom is 0.0428 e. The Bertz CT molecular complexity index is 17.8. The fourth-order valence-electron chi connectivity index (χ4n) is 0. The van der Waals surface area contributed by atoms with E-state index in [0.29, 0.717) is 6.61 Å². The maximum atomic E-state index is 7.88. The van der Waals surface area contributed by atoms with Crippen molar-refractivity contribution in [1.29, 1.82) is 0 Å². The molecule has 0 fully saturated rings. The average Bonchev–Trinajstić information content (AvgIpc) is 1.37. The molecule has 0 spiro atoms. The molecule has 0 unspecified atom stereocenters. The number of aliphatic hydroxyl groups excluding tert-OH is 1. The molecule has 0 aromatic heterocycles. The van der Waals surface area contributed by atoms with Crippen molar-refractivity contribution in [2.45, 2.75) is 13.3 Å². The molecule has 1 N–H and O–H groups in total. The predicted molar refractivity (Wildman–Crippen MR) is 46.4 cm³/mol. The summed E-state index contributed by atoms with van der Waals surface area (Å²) in [5.74, 6) is 0. The van der Waals surface area contributed by atoms with Crippen molar-refractivity contribution in [1.82, 2.24) is 0 Å². The quantitative estimate of drug-likeness (QED) is 0.710. The van der Waals surface area contributed by atoms with Gasteiger partial charge >= 0.3 is 0 Å². The SMILES string of the molecule is CCCO.Cl.Cl.Cl.Cl.[Ti]. The van der Waals surface area contributed by atoms with Crippen LogP contribution in [0.2, 0.25) is 0 Å². The summed E-state index contributed by atoms with van der Waals surface area (Å²) < 4.78 is 0. The summed E-state index contributed by atoms with van der Waals surface area (Å²) in [5, 5.41) is 7.88. The Morgan fingerprint density at radius 3 is 1.11 bits per heavy atom. The third kappa shape index (κ3) is 75.1. The first-order valence-electron chi connectivity index (χ1n) is 1.52. The second-order valence-electron chi connectivity index (χ2n) is 0.724. The van der Waals surface area contributed by atoms with E-state index in [1.165, 1.54) is 0 Å². The van der Waals surface area contributed by atoms with Crippen LogP contribution in [0.1, 0.15) is 13.3 Å². The smallest absolute Gasteiger partial charge is 0.0428 e. The molecular formula is C3H12Cl4OTi. The van der Waals surface area contributed by atoms with Crippen molar-refractivity contribution in [3.8, 4) is 0 Å². The zero-order valence-electron chi connectivity index (χ0n) is 4.99. The van der Waals surface area contributed by atoms with Crippen molar-refractivity contribution >= 4 is 49.6 Å². The molecule has 0 aliphatic carbocycles. The van der Waals surface area contributed by atoms with Gasteiger partial charge in [0.1, 0.15) is 0 Å². The van der Waals surface area contributed by atoms with Crippen molar-refractivity contribution in [3.05, 3.63) is 0 Å². The van der Waals surface area contributed by atoms with E-state index in [-0.39, 0.29) is 71.3 Å². The van der Waals surface area contributed by atoms with Crippen LogP contribution in [0.3, 0.4) is 0 Å². The van der Waals surface area contributed by atoms with E-state index < -0.39 is 0 Å². The van der Waals surface area contributed by atoms with Crippen LogP contribution < -0.4 is 0 Å². The number of hydrogen-bond acceptors (Lipinski definition) is 1. The van der Waals surface area contributed by atoms with Gasteiger partial charge in [0.25, 0.3) is 0 Å². The van der Waals surface area contributed by atoms with Gasteiger partial charge in [-0.05, 0) is 6.42 Å². The van der Waals surface area contributed by atoms with Crippen LogP contribution in [-0.2, 0) is 21.7 Å². The summed E-state index contributed by atoms with van der Waals surface area (Å²) in [7, 11) is 0. The zero-order valence-corrected chi connectivity index (χ0v) is 9.82. The van der Waals surface area contributed by atoms with E-state index in [0.717, 1.165) is 6.42 Å². The molecule has 0 amide bonds. The minimum absolute atomic E-state index is 0. The van der Waals surface area contributed by atoms with Gasteiger partial charge in [-0.3, -0.25) is 0 Å². The van der Waals surface area contributed by atoms with Gasteiger partial charge in [-0.1, -0.05) is 6.92 Å². The maximum absolute atomic E-state index is 7.88. The summed E-state index contributed by atoms with van der Waals surface area (Å²) in [6.45, 7) is 2.25. The Balaban J connectivity index is -0.00000000450. The topological polar surface area (TPSA) is 20.2 Å². The molecule has 9 heavy (non-hydrogen) atoms. The number of halogens is 4. The molecule has 0 bridgehead atoms. The van der Waals surface area contributed by atoms with Gasteiger partial charge < -0.3 is 5.11 Å². The van der Waals surface area contributed by atoms with Crippen molar-refractivity contribution < 1.29 is 26.8 Å². The molecule has 6 heteroatoms. The standard InChI is InChI=1S/C3H8O.4ClH.Ti/c1-2-3-4;;;;;/h4H,2-3H2,1H3;4*1H;. The Hall–Kier alpha value is 1.83. The summed E-state index contributed by atoms with van der Waals surface area (Å²) in [6, 6.07) is 0. The van der Waals surface area contributed by atoms with E-state index in [4.69, 9.17) is 5.11 Å². The Labute approximate surface area is 95.9 Å². The van der Waals surface area contributed by atoms with Crippen LogP contribution in [0.4, 0.5) is 0 Å². The Morgan fingerprint density at radius 2 is 1.11 bits per heavy atom. The van der Waals surface area contributed by atoms with Crippen LogP contribution >= 0.6 is 49.6 Å². The van der Waals surface area contributed by atoms with Crippen LogP contribution in [-0.4, -0.2) is 11.7 Å². The van der Waals surface area contributed by atoms with E-state index in [1.54, 1.807) is 0 Å². The summed E-state index contributed by atoms with van der Waals surface area (Å²) >= 11 is 0. The summed E-state index contributed by atoms with van der Waals surface area (Å²) in [4.78, 5) is 0. The molecule has 1 nitrogen and oxygen atoms in total. The van der Waals surface area contributed by atoms with Gasteiger partial charge in [0.15, 0.2) is 0 Å². The minimum Gasteiger partial charge on any atom is -0.396 e. The summed E-state index contributed by atoms with van der Waals surface area (Å²) in [6.07, 6.45) is 0.875. The molecule has 0 aliphatic heterocycles. The fourth-order valence-corrected chi connectivity index (χ4v) is 0. The first-order chi connectivity index (χ1) is 1.91. The van der Waals surface area contributed by atoms with Crippen LogP contribution in [0.25, 0.3) is 0 Å². The third-order valence-electron chi connectivity index (χ3n) is 0.224. The Kier molecular flexibility index (Phi) is 260. The molecule has 0 aromatic carbocycles. The number of hydrogen-bond donors (Lipinski definition) is 1. The van der Waals surface area contributed by atoms with E-state index in [1.807, 2.05) is 6.92 Å². The molecule has 0 saturated heterocycles. The van der Waals surface area contributed by atoms with E-state index in [2.05, 4.69) is 0 Å². The van der Waals surface area contributed by atoms with Gasteiger partial charge in [0.05, 0.1) is 0 Å². The fraction of sp³-hybridized carbons (Fsp3) is 1.00. The van der Waals surface area contributed by atoms with Gasteiger partial charge in [-0.25, -0.2) is 0 Å². The zero-order chi connectivity index (χ0) is 3.41. The average molecular weight is 254 g/mol. The number of aliphatic hydroxyl groups is 1. The molecule has 0 radical (unpaired) electrons. The van der Waals surface area contributed by atoms with Crippen LogP contribution in [0.15, 0.2) is 0 Å². The monoisotopic (exact) mass is 252 g/mol. The molecule has 0 atom stereocenters. The third-order valence-corrected chi connectivity index (χ3v) is 0.224. The molecule has 0 rings (SSSR count). The van der Waals surface area contributed by atoms with Crippen molar-refractivity contribution in [2.75, 3.05) is 6.61 Å². The molecule has 0 aromatic rings. The molecule has 0 saturated carbocycles. The summed E-state index contributed by atoms with van der Waals surface area (Å²) in [5.41, 5.74) is 0. The normalized spacial score (nSPS) is 3.33. The first kappa shape index (κ1) is 44.8. The largest absolute Gasteiger partial charge is 0.396 e. The molecule has 62 valence electrons. The van der Waals surface area contributed by atoms with E-state index >= 15 is 0 Å². The second-order valence-corrected chi connectivity index (χ2v) is 0.724. The van der Waals surface area contributed by atoms with Crippen molar-refractivity contribution in [2.24, 2.45) is 0 Å². The van der Waals surface area contributed by atoms with Gasteiger partial charge in [-0.2, -0.15) is 0 Å². The van der Waals surface area contributed by atoms with Gasteiger partial charge in [0, 0.05) is 28.3 Å². The Morgan fingerprint density at radius 1 is 1.00 bits per heavy atom. The number of rotatable bonds is 1. The first-order valence-corrected chi connectivity index (χ1v) is 1.52. The molecule has 0 aliphatic rings.